The smallest absolute Gasteiger partial charge is 0.333 e. The number of H-pyrrole nitrogens is 1. The molecule has 1 aliphatic rings. The first-order valence-electron chi connectivity index (χ1n) is 7.32. The zero-order valence-electron chi connectivity index (χ0n) is 12.9. The Labute approximate surface area is 135 Å². The number of imidazole rings is 1. The number of aliphatic hydroxyl groups excluding tert-OH is 2. The van der Waals surface area contributed by atoms with E-state index in [1.807, 2.05) is 0 Å². The van der Waals surface area contributed by atoms with Gasteiger partial charge in [-0.3, -0.25) is 14.3 Å². The maximum absolute atomic E-state index is 12.7. The summed E-state index contributed by atoms with van der Waals surface area (Å²) in [7, 11) is 0. The van der Waals surface area contributed by atoms with E-state index < -0.39 is 29.7 Å². The fourth-order valence-corrected chi connectivity index (χ4v) is 2.80. The maximum atomic E-state index is 12.7. The summed E-state index contributed by atoms with van der Waals surface area (Å²) in [6.45, 7) is 1.24. The lowest BCUT2D eigenvalue weighted by Gasteiger charge is -2.12. The molecule has 0 amide bonds. The quantitative estimate of drug-likeness (QED) is 0.480. The first kappa shape index (κ1) is 16.3. The summed E-state index contributed by atoms with van der Waals surface area (Å²) in [5.74, 6) is 5.25. The Morgan fingerprint density at radius 3 is 2.88 bits per heavy atom. The van der Waals surface area contributed by atoms with Gasteiger partial charge in [-0.05, 0) is 6.92 Å². The number of aromatic amines is 1. The Bertz CT molecular complexity index is 947. The van der Waals surface area contributed by atoms with Crippen LogP contribution < -0.4 is 17.0 Å². The van der Waals surface area contributed by atoms with Crippen LogP contribution in [0.4, 0.5) is 5.95 Å². The van der Waals surface area contributed by atoms with Crippen molar-refractivity contribution >= 4 is 17.1 Å². The van der Waals surface area contributed by atoms with Gasteiger partial charge in [0.05, 0.1) is 19.3 Å². The van der Waals surface area contributed by atoms with Crippen LogP contribution >= 0.6 is 0 Å². The molecule has 0 bridgehead atoms. The van der Waals surface area contributed by atoms with E-state index in [4.69, 9.17) is 10.5 Å². The second-order valence-corrected chi connectivity index (χ2v) is 5.40. The highest BCUT2D eigenvalue weighted by molar-refractivity contribution is 5.71. The van der Waals surface area contributed by atoms with E-state index in [1.165, 1.54) is 4.57 Å². The summed E-state index contributed by atoms with van der Waals surface area (Å²) in [6, 6.07) is 0. The Kier molecular flexibility index (Phi) is 4.15. The largest absolute Gasteiger partial charge is 0.394 e. The van der Waals surface area contributed by atoms with Gasteiger partial charge < -0.3 is 20.7 Å². The van der Waals surface area contributed by atoms with Crippen molar-refractivity contribution in [2.75, 3.05) is 12.3 Å². The van der Waals surface area contributed by atoms with Crippen molar-refractivity contribution in [1.29, 1.82) is 0 Å². The molecule has 1 saturated heterocycles. The predicted octanol–water partition coefficient (Wildman–Crippen LogP) is -1.87. The fourth-order valence-electron chi connectivity index (χ4n) is 2.80. The molecule has 3 heterocycles. The molecule has 5 N–H and O–H groups in total. The second kappa shape index (κ2) is 6.12. The third-order valence-corrected chi connectivity index (χ3v) is 3.92. The number of hydrogen-bond donors (Lipinski definition) is 4. The molecule has 0 saturated carbocycles. The van der Waals surface area contributed by atoms with Crippen LogP contribution in [-0.4, -0.2) is 48.1 Å². The first-order valence-corrected chi connectivity index (χ1v) is 7.32. The van der Waals surface area contributed by atoms with Gasteiger partial charge in [0.1, 0.15) is 12.3 Å². The average Bonchev–Trinajstić information content (AvgIpc) is 3.02. The summed E-state index contributed by atoms with van der Waals surface area (Å²) >= 11 is 0. The average molecular weight is 335 g/mol. The van der Waals surface area contributed by atoms with E-state index in [1.54, 1.807) is 6.92 Å². The minimum Gasteiger partial charge on any atom is -0.394 e. The normalized spacial score (nSPS) is 23.4. The van der Waals surface area contributed by atoms with Crippen molar-refractivity contribution in [3.63, 3.8) is 0 Å². The third kappa shape index (κ3) is 2.48. The lowest BCUT2D eigenvalue weighted by atomic mass is 10.2. The van der Waals surface area contributed by atoms with Crippen LogP contribution in [0.2, 0.25) is 0 Å². The molecule has 3 rings (SSSR count). The minimum absolute atomic E-state index is 0.00616. The SMILES string of the molecule is CC#CCn1c(=O)n(C2CC(O)C(CO)O2)c2nc(N)[nH]c(=O)c21. The monoisotopic (exact) mass is 335 g/mol. The van der Waals surface area contributed by atoms with Crippen LogP contribution in [0, 0.1) is 11.8 Å². The molecule has 0 aliphatic carbocycles. The highest BCUT2D eigenvalue weighted by Gasteiger charge is 2.37. The van der Waals surface area contributed by atoms with Crippen molar-refractivity contribution in [3.8, 4) is 11.8 Å². The van der Waals surface area contributed by atoms with Crippen LogP contribution in [0.5, 0.6) is 0 Å². The van der Waals surface area contributed by atoms with E-state index in [0.717, 1.165) is 4.57 Å². The number of hydrogen-bond acceptors (Lipinski definition) is 7. The summed E-state index contributed by atoms with van der Waals surface area (Å²) in [6.07, 6.45) is -2.52. The summed E-state index contributed by atoms with van der Waals surface area (Å²) in [5.41, 5.74) is 4.55. The molecule has 1 fully saturated rings. The van der Waals surface area contributed by atoms with E-state index >= 15 is 0 Å². The molecule has 2 aromatic rings. The topological polar surface area (TPSA) is 148 Å². The Hall–Kier alpha value is -2.61. The zero-order valence-corrected chi connectivity index (χ0v) is 12.9. The number of nitrogens with one attached hydrogen (secondary N) is 1. The number of nitrogens with zero attached hydrogens (tertiary/aromatic N) is 3. The van der Waals surface area contributed by atoms with E-state index in [-0.39, 0.29) is 36.7 Å². The van der Waals surface area contributed by atoms with Crippen molar-refractivity contribution in [2.24, 2.45) is 0 Å². The molecule has 3 atom stereocenters. The summed E-state index contributed by atoms with van der Waals surface area (Å²) in [5, 5.41) is 19.1. The van der Waals surface area contributed by atoms with Gasteiger partial charge >= 0.3 is 5.69 Å². The third-order valence-electron chi connectivity index (χ3n) is 3.92. The minimum atomic E-state index is -0.930. The van der Waals surface area contributed by atoms with Crippen molar-refractivity contribution in [1.82, 2.24) is 19.1 Å². The van der Waals surface area contributed by atoms with E-state index in [2.05, 4.69) is 21.8 Å². The van der Waals surface area contributed by atoms with Crippen LogP contribution in [-0.2, 0) is 11.3 Å². The summed E-state index contributed by atoms with van der Waals surface area (Å²) in [4.78, 5) is 31.4. The predicted molar refractivity (Wildman–Crippen MR) is 84.1 cm³/mol. The number of aromatic nitrogens is 4. The van der Waals surface area contributed by atoms with E-state index in [9.17, 15) is 19.8 Å². The Morgan fingerprint density at radius 2 is 2.25 bits per heavy atom. The van der Waals surface area contributed by atoms with Crippen molar-refractivity contribution in [2.45, 2.75) is 38.3 Å². The maximum Gasteiger partial charge on any atom is 0.333 e. The number of rotatable bonds is 3. The molecule has 0 spiro atoms. The molecule has 3 unspecified atom stereocenters. The van der Waals surface area contributed by atoms with Gasteiger partial charge in [0, 0.05) is 6.42 Å². The highest BCUT2D eigenvalue weighted by atomic mass is 16.5. The molecule has 128 valence electrons. The van der Waals surface area contributed by atoms with Crippen LogP contribution in [0.25, 0.3) is 11.2 Å². The van der Waals surface area contributed by atoms with Gasteiger partial charge in [-0.25, -0.2) is 9.36 Å². The molecular weight excluding hydrogens is 318 g/mol. The van der Waals surface area contributed by atoms with Crippen LogP contribution in [0.3, 0.4) is 0 Å². The van der Waals surface area contributed by atoms with Gasteiger partial charge in [0.2, 0.25) is 5.95 Å². The number of ether oxygens (including phenoxy) is 1. The molecule has 0 radical (unpaired) electrons. The van der Waals surface area contributed by atoms with Gasteiger partial charge in [-0.15, -0.1) is 5.92 Å². The standard InChI is InChI=1S/C14H17N5O5/c1-2-3-4-18-10-11(16-13(15)17-12(10)22)19(14(18)23)9-5-7(21)8(6-20)24-9/h7-9,20-21H,4-6H2,1H3,(H3,15,16,17,22). The number of anilines is 1. The lowest BCUT2D eigenvalue weighted by molar-refractivity contribution is -0.0443. The van der Waals surface area contributed by atoms with Gasteiger partial charge in [-0.2, -0.15) is 4.98 Å². The summed E-state index contributed by atoms with van der Waals surface area (Å²) < 4.78 is 7.86. The lowest BCUT2D eigenvalue weighted by Crippen LogP contribution is -2.28. The van der Waals surface area contributed by atoms with Crippen molar-refractivity contribution in [3.05, 3.63) is 20.8 Å². The zero-order chi connectivity index (χ0) is 17.4. The number of nitrogens with two attached hydrogens (primary N) is 1. The van der Waals surface area contributed by atoms with Gasteiger partial charge in [-0.1, -0.05) is 5.92 Å². The van der Waals surface area contributed by atoms with Crippen LogP contribution in [0.15, 0.2) is 9.59 Å². The van der Waals surface area contributed by atoms with Crippen LogP contribution in [0.1, 0.15) is 19.6 Å². The number of nitrogen functional groups attached to an aromatic ring is 1. The van der Waals surface area contributed by atoms with Gasteiger partial charge in [0.25, 0.3) is 5.56 Å². The molecule has 0 aromatic carbocycles. The molecule has 1 aliphatic heterocycles. The molecule has 10 heteroatoms. The second-order valence-electron chi connectivity index (χ2n) is 5.40. The Morgan fingerprint density at radius 1 is 1.50 bits per heavy atom. The highest BCUT2D eigenvalue weighted by Crippen LogP contribution is 2.29. The first-order chi connectivity index (χ1) is 11.5. The van der Waals surface area contributed by atoms with Gasteiger partial charge in [0.15, 0.2) is 11.2 Å². The molecule has 24 heavy (non-hydrogen) atoms. The molecule has 2 aromatic heterocycles. The molecular formula is C14H17N5O5. The number of aliphatic hydroxyl groups is 2. The van der Waals surface area contributed by atoms with E-state index in [0.29, 0.717) is 0 Å². The molecule has 10 nitrogen and oxygen atoms in total. The number of fused-ring (bicyclic) bond motifs is 1. The fraction of sp³-hybridized carbons (Fsp3) is 0.500. The Balaban J connectivity index is 2.24. The van der Waals surface area contributed by atoms with Crippen molar-refractivity contribution < 1.29 is 14.9 Å².